The highest BCUT2D eigenvalue weighted by Crippen LogP contribution is 2.36. The van der Waals surface area contributed by atoms with Gasteiger partial charge in [-0.2, -0.15) is 0 Å². The highest BCUT2D eigenvalue weighted by molar-refractivity contribution is 9.10. The van der Waals surface area contributed by atoms with E-state index in [4.69, 9.17) is 9.72 Å². The minimum Gasteiger partial charge on any atom is -0.496 e. The van der Waals surface area contributed by atoms with Crippen LogP contribution in [-0.4, -0.2) is 35.6 Å². The topological polar surface area (TPSA) is 88.5 Å². The first-order chi connectivity index (χ1) is 17.6. The number of nitrogens with one attached hydrogen (secondary N) is 1. The largest absolute Gasteiger partial charge is 0.496 e. The molecule has 3 aromatic carbocycles. The Kier molecular flexibility index (Phi) is 7.59. The van der Waals surface area contributed by atoms with Crippen LogP contribution in [0.4, 0.5) is 4.39 Å². The molecule has 0 bridgehead atoms. The molecule has 4 aromatic rings. The zero-order chi connectivity index (χ0) is 26.7. The van der Waals surface area contributed by atoms with Gasteiger partial charge in [0.1, 0.15) is 11.6 Å². The molecule has 1 atom stereocenters. The number of benzene rings is 3. The molecule has 0 aliphatic rings. The molecule has 190 valence electrons. The number of carbonyl (C=O) groups excluding carboxylic acids is 1. The molecule has 0 spiro atoms. The predicted octanol–water partition coefficient (Wildman–Crippen LogP) is 6.28. The van der Waals surface area contributed by atoms with Gasteiger partial charge in [-0.25, -0.2) is 9.37 Å². The first-order valence-corrected chi connectivity index (χ1v) is 12.4. The second-order valence-electron chi connectivity index (χ2n) is 9.15. The number of carboxylic acids is 1. The number of methoxy groups -OCH3 is 1. The van der Waals surface area contributed by atoms with Crippen LogP contribution in [0.3, 0.4) is 0 Å². The zero-order valence-corrected chi connectivity index (χ0v) is 22.2. The van der Waals surface area contributed by atoms with Crippen molar-refractivity contribution in [3.8, 4) is 17.0 Å². The van der Waals surface area contributed by atoms with Crippen molar-refractivity contribution in [1.82, 2.24) is 10.3 Å². The fraction of sp³-hybridized carbons (Fsp3) is 0.207. The molecule has 6 nitrogen and oxygen atoms in total. The summed E-state index contributed by atoms with van der Waals surface area (Å²) >= 11 is 3.48. The van der Waals surface area contributed by atoms with E-state index in [0.717, 1.165) is 10.0 Å². The van der Waals surface area contributed by atoms with Gasteiger partial charge in [-0.05, 0) is 48.9 Å². The Morgan fingerprint density at radius 2 is 1.84 bits per heavy atom. The van der Waals surface area contributed by atoms with E-state index in [1.807, 2.05) is 55.5 Å². The number of hydrogen-bond donors (Lipinski definition) is 2. The third-order valence-electron chi connectivity index (χ3n) is 6.46. The zero-order valence-electron chi connectivity index (χ0n) is 20.6. The van der Waals surface area contributed by atoms with E-state index in [2.05, 4.69) is 21.2 Å². The van der Waals surface area contributed by atoms with Crippen LogP contribution in [0.2, 0.25) is 0 Å². The van der Waals surface area contributed by atoms with Gasteiger partial charge in [-0.1, -0.05) is 53.2 Å². The maximum atomic E-state index is 14.2. The maximum absolute atomic E-state index is 14.2. The fourth-order valence-corrected chi connectivity index (χ4v) is 4.96. The Labute approximate surface area is 222 Å². The number of halogens is 2. The van der Waals surface area contributed by atoms with Crippen molar-refractivity contribution in [3.05, 3.63) is 93.7 Å². The Morgan fingerprint density at radius 3 is 2.51 bits per heavy atom. The molecule has 0 aliphatic carbocycles. The minimum absolute atomic E-state index is 0.0596. The molecule has 0 saturated carbocycles. The summed E-state index contributed by atoms with van der Waals surface area (Å²) in [6.45, 7) is 3.45. The van der Waals surface area contributed by atoms with Crippen LogP contribution in [0.1, 0.15) is 34.8 Å². The third-order valence-corrected chi connectivity index (χ3v) is 6.95. The van der Waals surface area contributed by atoms with Crippen molar-refractivity contribution in [2.24, 2.45) is 0 Å². The maximum Gasteiger partial charge on any atom is 0.304 e. The Hall–Kier alpha value is -3.78. The molecule has 1 aromatic heterocycles. The van der Waals surface area contributed by atoms with E-state index in [-0.39, 0.29) is 18.9 Å². The van der Waals surface area contributed by atoms with Crippen LogP contribution in [0, 0.1) is 12.7 Å². The number of pyridine rings is 1. The lowest BCUT2D eigenvalue weighted by molar-refractivity contribution is -0.138. The molecule has 0 aliphatic heterocycles. The average Bonchev–Trinajstić information content (AvgIpc) is 2.87. The number of nitrogens with zero attached hydrogens (tertiary/aromatic N) is 1. The molecule has 0 unspecified atom stereocenters. The molecule has 8 heteroatoms. The van der Waals surface area contributed by atoms with Gasteiger partial charge in [0.2, 0.25) is 0 Å². The van der Waals surface area contributed by atoms with Crippen molar-refractivity contribution in [2.45, 2.75) is 25.7 Å². The molecular weight excluding hydrogens is 539 g/mol. The van der Waals surface area contributed by atoms with Gasteiger partial charge in [0.05, 0.1) is 30.3 Å². The summed E-state index contributed by atoms with van der Waals surface area (Å²) in [5.74, 6) is -1.64. The minimum atomic E-state index is -1.14. The lowest BCUT2D eigenvalue weighted by atomic mass is 9.78. The number of rotatable bonds is 8. The Morgan fingerprint density at radius 1 is 1.11 bits per heavy atom. The summed E-state index contributed by atoms with van der Waals surface area (Å²) in [4.78, 5) is 30.4. The summed E-state index contributed by atoms with van der Waals surface area (Å²) in [6, 6.07) is 19.1. The average molecular weight is 565 g/mol. The van der Waals surface area contributed by atoms with E-state index in [1.54, 1.807) is 6.92 Å². The quantitative estimate of drug-likeness (QED) is 0.263. The highest BCUT2D eigenvalue weighted by Gasteiger charge is 2.34. The molecular formula is C29H26BrFN2O4. The van der Waals surface area contributed by atoms with Crippen LogP contribution in [0.25, 0.3) is 22.2 Å². The SMILES string of the molecule is COc1ccc(F)cc1[C@@](C)(CNC(=O)c1c(C)c(-c2ccccc2)nc2ccc(Br)cc12)CC(=O)O. The first-order valence-electron chi connectivity index (χ1n) is 11.6. The van der Waals surface area contributed by atoms with Crippen molar-refractivity contribution in [3.63, 3.8) is 0 Å². The van der Waals surface area contributed by atoms with Crippen molar-refractivity contribution in [1.29, 1.82) is 0 Å². The number of amides is 1. The number of carbonyl (C=O) groups is 2. The molecule has 37 heavy (non-hydrogen) atoms. The van der Waals surface area contributed by atoms with Gasteiger partial charge < -0.3 is 15.2 Å². The molecule has 2 N–H and O–H groups in total. The molecule has 0 radical (unpaired) electrons. The first kappa shape index (κ1) is 26.3. The van der Waals surface area contributed by atoms with Crippen LogP contribution < -0.4 is 10.1 Å². The standard InChI is InChI=1S/C29H26BrFN2O4/c1-17-26(21-13-19(30)9-11-23(21)33-27(17)18-7-5-4-6-8-18)28(36)32-16-29(2,15-25(34)35)22-14-20(31)10-12-24(22)37-3/h4-14H,15-16H2,1-3H3,(H,32,36)(H,34,35)/t29-/m1/s1. The number of aromatic nitrogens is 1. The smallest absolute Gasteiger partial charge is 0.304 e. The molecule has 1 heterocycles. The van der Waals surface area contributed by atoms with Crippen LogP contribution in [-0.2, 0) is 10.2 Å². The second kappa shape index (κ2) is 10.7. The van der Waals surface area contributed by atoms with Gasteiger partial charge in [0, 0.05) is 32.9 Å². The molecule has 0 saturated heterocycles. The lowest BCUT2D eigenvalue weighted by Crippen LogP contribution is -2.41. The van der Waals surface area contributed by atoms with Gasteiger partial charge in [0.15, 0.2) is 0 Å². The monoisotopic (exact) mass is 564 g/mol. The number of aliphatic carboxylic acids is 1. The summed E-state index contributed by atoms with van der Waals surface area (Å²) in [6.07, 6.45) is -0.343. The van der Waals surface area contributed by atoms with Crippen molar-refractivity contribution in [2.75, 3.05) is 13.7 Å². The van der Waals surface area contributed by atoms with E-state index < -0.39 is 17.2 Å². The Balaban J connectivity index is 1.79. The van der Waals surface area contributed by atoms with Gasteiger partial charge in [0.25, 0.3) is 5.91 Å². The van der Waals surface area contributed by atoms with Crippen LogP contribution in [0.15, 0.2) is 71.2 Å². The summed E-state index contributed by atoms with van der Waals surface area (Å²) in [5.41, 5.74) is 2.56. The van der Waals surface area contributed by atoms with E-state index >= 15 is 0 Å². The lowest BCUT2D eigenvalue weighted by Gasteiger charge is -2.30. The summed E-state index contributed by atoms with van der Waals surface area (Å²) in [7, 11) is 1.44. The van der Waals surface area contributed by atoms with Gasteiger partial charge in [-0.3, -0.25) is 9.59 Å². The Bertz CT molecular complexity index is 1490. The number of carboxylic acid groups (broad SMARTS) is 1. The number of ether oxygens (including phenoxy) is 1. The van der Waals surface area contributed by atoms with Gasteiger partial charge >= 0.3 is 5.97 Å². The number of hydrogen-bond acceptors (Lipinski definition) is 4. The second-order valence-corrected chi connectivity index (χ2v) is 10.1. The predicted molar refractivity (Wildman–Crippen MR) is 145 cm³/mol. The van der Waals surface area contributed by atoms with Crippen LogP contribution in [0.5, 0.6) is 5.75 Å². The van der Waals surface area contributed by atoms with E-state index in [1.165, 1.54) is 25.3 Å². The molecule has 4 rings (SSSR count). The fourth-order valence-electron chi connectivity index (χ4n) is 4.60. The third kappa shape index (κ3) is 5.49. The molecule has 1 amide bonds. The van der Waals surface area contributed by atoms with Crippen molar-refractivity contribution < 1.29 is 23.8 Å². The normalized spacial score (nSPS) is 12.7. The van der Waals surface area contributed by atoms with Crippen LogP contribution >= 0.6 is 15.9 Å². The summed E-state index contributed by atoms with van der Waals surface area (Å²) in [5, 5.41) is 13.2. The van der Waals surface area contributed by atoms with E-state index in [9.17, 15) is 19.1 Å². The van der Waals surface area contributed by atoms with E-state index in [0.29, 0.717) is 39.0 Å². The summed E-state index contributed by atoms with van der Waals surface area (Å²) < 4.78 is 20.4. The molecule has 0 fully saturated rings. The van der Waals surface area contributed by atoms with Gasteiger partial charge in [-0.15, -0.1) is 0 Å². The van der Waals surface area contributed by atoms with Crippen molar-refractivity contribution >= 4 is 38.7 Å². The number of fused-ring (bicyclic) bond motifs is 1. The highest BCUT2D eigenvalue weighted by atomic mass is 79.9.